The highest BCUT2D eigenvalue weighted by molar-refractivity contribution is 5.97. The molecule has 154 valence electrons. The van der Waals surface area contributed by atoms with Crippen LogP contribution in [0.3, 0.4) is 0 Å². The molecule has 31 heavy (non-hydrogen) atoms. The van der Waals surface area contributed by atoms with Gasteiger partial charge in [0.15, 0.2) is 0 Å². The second kappa shape index (κ2) is 7.28. The van der Waals surface area contributed by atoms with Gasteiger partial charge in [0, 0.05) is 73.7 Å². The van der Waals surface area contributed by atoms with Gasteiger partial charge in [-0.2, -0.15) is 5.10 Å². The van der Waals surface area contributed by atoms with Crippen molar-refractivity contribution in [3.8, 4) is 22.3 Å². The summed E-state index contributed by atoms with van der Waals surface area (Å²) in [6, 6.07) is 14.1. The highest BCUT2D eigenvalue weighted by Crippen LogP contribution is 2.31. The summed E-state index contributed by atoms with van der Waals surface area (Å²) in [6.07, 6.45) is 9.09. The van der Waals surface area contributed by atoms with Crippen LogP contribution >= 0.6 is 0 Å². The predicted octanol–water partition coefficient (Wildman–Crippen LogP) is 4.19. The van der Waals surface area contributed by atoms with Gasteiger partial charge in [-0.25, -0.2) is 9.67 Å². The number of nitrogens with one attached hydrogen (secondary N) is 1. The standard InChI is InChI=1S/C24H22N6O/c1-28(2)19-8-6-16(7-9-19)17-11-20-21(14-26-23(20)25-12-17)18-13-27-30(15-18)24(31)22-5-4-10-29(22)3/h4-15H,1-3H3,(H,25,26). The number of aryl methyl sites for hydroxylation is 1. The fourth-order valence-electron chi connectivity index (χ4n) is 3.73. The molecule has 0 saturated heterocycles. The number of benzene rings is 1. The van der Waals surface area contributed by atoms with Gasteiger partial charge in [-0.15, -0.1) is 0 Å². The van der Waals surface area contributed by atoms with Gasteiger partial charge in [0.1, 0.15) is 11.3 Å². The Morgan fingerprint density at radius 3 is 2.55 bits per heavy atom. The minimum Gasteiger partial charge on any atom is -0.378 e. The van der Waals surface area contributed by atoms with Crippen molar-refractivity contribution in [3.05, 3.63) is 79.1 Å². The molecular formula is C24H22N6O. The monoisotopic (exact) mass is 410 g/mol. The lowest BCUT2D eigenvalue weighted by Crippen LogP contribution is -2.15. The fourth-order valence-corrected chi connectivity index (χ4v) is 3.73. The third-order valence-electron chi connectivity index (χ3n) is 5.51. The van der Waals surface area contributed by atoms with Crippen LogP contribution in [0.1, 0.15) is 10.5 Å². The largest absolute Gasteiger partial charge is 0.378 e. The zero-order chi connectivity index (χ0) is 21.5. The number of nitrogens with zero attached hydrogens (tertiary/aromatic N) is 5. The van der Waals surface area contributed by atoms with E-state index in [-0.39, 0.29) is 5.91 Å². The maximum Gasteiger partial charge on any atom is 0.294 e. The summed E-state index contributed by atoms with van der Waals surface area (Å²) >= 11 is 0. The summed E-state index contributed by atoms with van der Waals surface area (Å²) in [7, 11) is 5.89. The van der Waals surface area contributed by atoms with Gasteiger partial charge in [0.2, 0.25) is 0 Å². The SMILES string of the molecule is CN(C)c1ccc(-c2cnc3[nH]cc(-c4cnn(C(=O)c5cccn5C)c4)c3c2)cc1. The molecule has 4 heterocycles. The van der Waals surface area contributed by atoms with Crippen molar-refractivity contribution in [1.82, 2.24) is 24.3 Å². The number of hydrogen-bond acceptors (Lipinski definition) is 4. The molecule has 5 rings (SSSR count). The maximum absolute atomic E-state index is 12.7. The first kappa shape index (κ1) is 18.9. The van der Waals surface area contributed by atoms with Gasteiger partial charge in [-0.05, 0) is 35.9 Å². The lowest BCUT2D eigenvalue weighted by Gasteiger charge is -2.12. The molecule has 0 amide bonds. The van der Waals surface area contributed by atoms with E-state index in [1.807, 2.05) is 45.8 Å². The molecule has 1 N–H and O–H groups in total. The van der Waals surface area contributed by atoms with Crippen molar-refractivity contribution in [3.63, 3.8) is 0 Å². The summed E-state index contributed by atoms with van der Waals surface area (Å²) in [5, 5.41) is 5.28. The lowest BCUT2D eigenvalue weighted by molar-refractivity contribution is 0.0937. The summed E-state index contributed by atoms with van der Waals surface area (Å²) in [4.78, 5) is 22.6. The molecule has 1 aromatic carbocycles. The molecule has 0 unspecified atom stereocenters. The molecule has 0 atom stereocenters. The number of rotatable bonds is 4. The topological polar surface area (TPSA) is 71.7 Å². The van der Waals surface area contributed by atoms with E-state index in [1.54, 1.807) is 23.0 Å². The Kier molecular flexibility index (Phi) is 4.43. The van der Waals surface area contributed by atoms with Crippen molar-refractivity contribution < 1.29 is 4.79 Å². The molecule has 4 aromatic heterocycles. The lowest BCUT2D eigenvalue weighted by atomic mass is 10.0. The maximum atomic E-state index is 12.7. The van der Waals surface area contributed by atoms with Gasteiger partial charge in [0.25, 0.3) is 5.91 Å². The number of fused-ring (bicyclic) bond motifs is 1. The Labute approximate surface area is 179 Å². The van der Waals surface area contributed by atoms with Gasteiger partial charge >= 0.3 is 0 Å². The van der Waals surface area contributed by atoms with Crippen molar-refractivity contribution in [1.29, 1.82) is 0 Å². The average Bonchev–Trinajstić information content (AvgIpc) is 3.52. The summed E-state index contributed by atoms with van der Waals surface area (Å²) in [6.45, 7) is 0. The third-order valence-corrected chi connectivity index (χ3v) is 5.51. The minimum absolute atomic E-state index is 0.168. The highest BCUT2D eigenvalue weighted by atomic mass is 16.2. The zero-order valence-corrected chi connectivity index (χ0v) is 17.6. The van der Waals surface area contributed by atoms with Crippen molar-refractivity contribution in [2.24, 2.45) is 7.05 Å². The quantitative estimate of drug-likeness (QED) is 0.482. The van der Waals surface area contributed by atoms with Crippen LogP contribution in [0.4, 0.5) is 5.69 Å². The highest BCUT2D eigenvalue weighted by Gasteiger charge is 2.16. The summed E-state index contributed by atoms with van der Waals surface area (Å²) in [5.74, 6) is -0.168. The molecule has 0 radical (unpaired) electrons. The molecular weight excluding hydrogens is 388 g/mol. The number of pyridine rings is 1. The van der Waals surface area contributed by atoms with Crippen LogP contribution < -0.4 is 4.90 Å². The van der Waals surface area contributed by atoms with Gasteiger partial charge in [-0.3, -0.25) is 4.79 Å². The molecule has 0 spiro atoms. The summed E-state index contributed by atoms with van der Waals surface area (Å²) < 4.78 is 3.16. The number of aromatic nitrogens is 5. The second-order valence-electron chi connectivity index (χ2n) is 7.75. The average molecular weight is 410 g/mol. The van der Waals surface area contributed by atoms with Gasteiger partial charge in [-0.1, -0.05) is 12.1 Å². The van der Waals surface area contributed by atoms with E-state index in [9.17, 15) is 4.79 Å². The van der Waals surface area contributed by atoms with Gasteiger partial charge in [0.05, 0.1) is 6.20 Å². The molecule has 0 aliphatic heterocycles. The number of carbonyl (C=O) groups is 1. The molecule has 0 fully saturated rings. The number of aromatic amines is 1. The fraction of sp³-hybridized carbons (Fsp3) is 0.125. The van der Waals surface area contributed by atoms with Crippen LogP contribution in [0.5, 0.6) is 0 Å². The van der Waals surface area contributed by atoms with E-state index in [0.29, 0.717) is 5.69 Å². The van der Waals surface area contributed by atoms with Crippen molar-refractivity contribution >= 4 is 22.6 Å². The first-order valence-corrected chi connectivity index (χ1v) is 9.97. The Bertz CT molecular complexity index is 1390. The first-order chi connectivity index (χ1) is 15.0. The zero-order valence-electron chi connectivity index (χ0n) is 17.6. The molecule has 0 aliphatic rings. The van der Waals surface area contributed by atoms with Crippen molar-refractivity contribution in [2.75, 3.05) is 19.0 Å². The van der Waals surface area contributed by atoms with E-state index < -0.39 is 0 Å². The third kappa shape index (κ3) is 3.30. The number of anilines is 1. The normalized spacial score (nSPS) is 11.2. The molecule has 0 saturated carbocycles. The van der Waals surface area contributed by atoms with Crippen LogP contribution in [0.25, 0.3) is 33.3 Å². The molecule has 0 aliphatic carbocycles. The van der Waals surface area contributed by atoms with Crippen LogP contribution in [0, 0.1) is 0 Å². The predicted molar refractivity (Wildman–Crippen MR) is 122 cm³/mol. The van der Waals surface area contributed by atoms with Crippen LogP contribution in [0.2, 0.25) is 0 Å². The minimum atomic E-state index is -0.168. The van der Waals surface area contributed by atoms with Gasteiger partial charge < -0.3 is 14.5 Å². The van der Waals surface area contributed by atoms with E-state index in [0.717, 1.165) is 39.0 Å². The first-order valence-electron chi connectivity index (χ1n) is 9.97. The van der Waals surface area contributed by atoms with Crippen LogP contribution in [-0.4, -0.2) is 44.3 Å². The Morgan fingerprint density at radius 1 is 1.03 bits per heavy atom. The molecule has 7 nitrogen and oxygen atoms in total. The number of hydrogen-bond donors (Lipinski definition) is 1. The smallest absolute Gasteiger partial charge is 0.294 e. The van der Waals surface area contributed by atoms with Crippen molar-refractivity contribution in [2.45, 2.75) is 0 Å². The number of carbonyl (C=O) groups excluding carboxylic acids is 1. The molecule has 7 heteroatoms. The van der Waals surface area contributed by atoms with E-state index in [4.69, 9.17) is 0 Å². The van der Waals surface area contributed by atoms with Crippen LogP contribution in [0.15, 0.2) is 73.4 Å². The summed E-state index contributed by atoms with van der Waals surface area (Å²) in [5.41, 5.74) is 6.47. The Balaban J connectivity index is 1.51. The van der Waals surface area contributed by atoms with E-state index in [2.05, 4.69) is 50.3 Å². The van der Waals surface area contributed by atoms with Crippen LogP contribution in [-0.2, 0) is 7.05 Å². The Morgan fingerprint density at radius 2 is 1.84 bits per heavy atom. The Hall–Kier alpha value is -4.13. The number of H-pyrrole nitrogens is 1. The molecule has 5 aromatic rings. The van der Waals surface area contributed by atoms with E-state index in [1.165, 1.54) is 4.68 Å². The second-order valence-corrected chi connectivity index (χ2v) is 7.75. The van der Waals surface area contributed by atoms with E-state index >= 15 is 0 Å². The molecule has 0 bridgehead atoms.